The number of aromatic nitrogens is 1. The Balaban J connectivity index is 1.89. The number of likely N-dealkylation sites (N-methyl/N-ethyl adjacent to an activating group) is 1. The summed E-state index contributed by atoms with van der Waals surface area (Å²) in [5.74, 6) is -0.633. The van der Waals surface area contributed by atoms with Crippen molar-refractivity contribution in [2.45, 2.75) is 51.0 Å². The van der Waals surface area contributed by atoms with E-state index in [1.54, 1.807) is 0 Å². The van der Waals surface area contributed by atoms with Gasteiger partial charge in [0.25, 0.3) is 0 Å². The molecule has 0 amide bonds. The Morgan fingerprint density at radius 2 is 2.08 bits per heavy atom. The van der Waals surface area contributed by atoms with E-state index in [-0.39, 0.29) is 11.3 Å². The fourth-order valence-corrected chi connectivity index (χ4v) is 4.63. The van der Waals surface area contributed by atoms with Crippen molar-refractivity contribution in [1.82, 2.24) is 9.88 Å². The zero-order chi connectivity index (χ0) is 17.2. The van der Waals surface area contributed by atoms with Crippen LogP contribution in [0, 0.1) is 5.92 Å². The monoisotopic (exact) mass is 326 g/mol. The van der Waals surface area contributed by atoms with Gasteiger partial charge in [-0.3, -0.25) is 4.79 Å². The van der Waals surface area contributed by atoms with Crippen molar-refractivity contribution in [2.75, 3.05) is 13.6 Å². The van der Waals surface area contributed by atoms with Crippen LogP contribution in [-0.4, -0.2) is 40.6 Å². The maximum Gasteiger partial charge on any atom is 0.307 e. The average Bonchev–Trinajstić information content (AvgIpc) is 2.91. The van der Waals surface area contributed by atoms with Gasteiger partial charge in [-0.05, 0) is 48.1 Å². The molecule has 24 heavy (non-hydrogen) atoms. The molecule has 128 valence electrons. The molecule has 3 atom stereocenters. The van der Waals surface area contributed by atoms with Crippen LogP contribution < -0.4 is 0 Å². The summed E-state index contributed by atoms with van der Waals surface area (Å²) < 4.78 is 0. The minimum atomic E-state index is -0.664. The van der Waals surface area contributed by atoms with Crippen LogP contribution in [0.25, 0.3) is 10.9 Å². The summed E-state index contributed by atoms with van der Waals surface area (Å²) in [5, 5.41) is 10.9. The first-order valence-corrected chi connectivity index (χ1v) is 8.83. The lowest BCUT2D eigenvalue weighted by atomic mass is 9.71. The van der Waals surface area contributed by atoms with E-state index in [0.29, 0.717) is 18.5 Å². The molecule has 1 saturated heterocycles. The summed E-state index contributed by atoms with van der Waals surface area (Å²) in [6.07, 6.45) is 3.90. The standard InChI is InChI=1S/C20H26N2O2/c1-20(2,3)13-7-15-14-5-12(19(23)24)10-22(4)17(14)6-11-9-21-16(8-13)18(11)15/h7-9,12,14,17,21H,5-6,10H2,1-4H3,(H,23,24)/t12?,14-,17-/m1/s1. The Kier molecular flexibility index (Phi) is 3.33. The number of nitrogens with one attached hydrogen (secondary N) is 1. The third-order valence-electron chi connectivity index (χ3n) is 6.01. The van der Waals surface area contributed by atoms with Gasteiger partial charge in [-0.2, -0.15) is 0 Å². The SMILES string of the molecule is CN1CC(C(=O)O)C[C@@H]2c3cc(C(C)(C)C)cc4[nH]cc(c34)C[C@H]21. The number of hydrogen-bond acceptors (Lipinski definition) is 2. The first-order valence-electron chi connectivity index (χ1n) is 8.83. The van der Waals surface area contributed by atoms with E-state index < -0.39 is 5.97 Å². The molecule has 0 saturated carbocycles. The van der Waals surface area contributed by atoms with Gasteiger partial charge in [-0.1, -0.05) is 26.8 Å². The molecule has 4 nitrogen and oxygen atoms in total. The molecule has 4 heteroatoms. The molecule has 0 radical (unpaired) electrons. The molecule has 2 heterocycles. The number of rotatable bonds is 1. The lowest BCUT2D eigenvalue weighted by molar-refractivity contribution is -0.144. The normalized spacial score (nSPS) is 27.2. The van der Waals surface area contributed by atoms with Crippen LogP contribution in [0.3, 0.4) is 0 Å². The molecule has 1 fully saturated rings. The Morgan fingerprint density at radius 3 is 2.75 bits per heavy atom. The van der Waals surface area contributed by atoms with Gasteiger partial charge < -0.3 is 15.0 Å². The number of carboxylic acids is 1. The number of likely N-dealkylation sites (tertiary alicyclic amines) is 1. The van der Waals surface area contributed by atoms with Gasteiger partial charge in [0.2, 0.25) is 0 Å². The average molecular weight is 326 g/mol. The van der Waals surface area contributed by atoms with Crippen LogP contribution >= 0.6 is 0 Å². The van der Waals surface area contributed by atoms with Crippen molar-refractivity contribution in [1.29, 1.82) is 0 Å². The van der Waals surface area contributed by atoms with E-state index in [1.807, 2.05) is 0 Å². The van der Waals surface area contributed by atoms with Crippen LogP contribution in [-0.2, 0) is 16.6 Å². The first-order chi connectivity index (χ1) is 11.3. The summed E-state index contributed by atoms with van der Waals surface area (Å²) >= 11 is 0. The molecule has 0 bridgehead atoms. The van der Waals surface area contributed by atoms with Crippen molar-refractivity contribution in [2.24, 2.45) is 5.92 Å². The maximum absolute atomic E-state index is 11.6. The second-order valence-corrected chi connectivity index (χ2v) is 8.64. The van der Waals surface area contributed by atoms with Crippen LogP contribution in [0.1, 0.15) is 49.8 Å². The van der Waals surface area contributed by atoms with Crippen molar-refractivity contribution in [3.63, 3.8) is 0 Å². The van der Waals surface area contributed by atoms with Crippen LogP contribution in [0.2, 0.25) is 0 Å². The Hall–Kier alpha value is -1.81. The largest absolute Gasteiger partial charge is 0.481 e. The molecule has 1 aromatic heterocycles. The minimum absolute atomic E-state index is 0.0790. The number of carbonyl (C=O) groups is 1. The summed E-state index contributed by atoms with van der Waals surface area (Å²) in [6, 6.07) is 5.01. The molecule has 2 aromatic rings. The second-order valence-electron chi connectivity index (χ2n) is 8.64. The smallest absolute Gasteiger partial charge is 0.307 e. The predicted molar refractivity (Wildman–Crippen MR) is 95.6 cm³/mol. The summed E-state index contributed by atoms with van der Waals surface area (Å²) in [7, 11) is 2.08. The zero-order valence-electron chi connectivity index (χ0n) is 14.9. The fraction of sp³-hybridized carbons (Fsp3) is 0.550. The molecule has 1 aliphatic heterocycles. The molecule has 1 aromatic carbocycles. The number of aliphatic carboxylic acids is 1. The Bertz CT molecular complexity index is 815. The molecule has 2 N–H and O–H groups in total. The fourth-order valence-electron chi connectivity index (χ4n) is 4.63. The van der Waals surface area contributed by atoms with Gasteiger partial charge in [0.15, 0.2) is 0 Å². The third kappa shape index (κ3) is 2.27. The molecule has 4 rings (SSSR count). The lowest BCUT2D eigenvalue weighted by Crippen LogP contribution is -2.49. The molecule has 0 spiro atoms. The second kappa shape index (κ2) is 5.09. The predicted octanol–water partition coefficient (Wildman–Crippen LogP) is 3.51. The quantitative estimate of drug-likeness (QED) is 0.843. The van der Waals surface area contributed by atoms with Crippen LogP contribution in [0.15, 0.2) is 18.3 Å². The first kappa shape index (κ1) is 15.7. The Labute approximate surface area is 142 Å². The van der Waals surface area contributed by atoms with Gasteiger partial charge in [0, 0.05) is 35.6 Å². The number of fused-ring (bicyclic) bond motifs is 2. The number of hydrogen-bond donors (Lipinski definition) is 2. The van der Waals surface area contributed by atoms with Gasteiger partial charge >= 0.3 is 5.97 Å². The number of benzene rings is 1. The molecule has 1 aliphatic carbocycles. The molecular formula is C20H26N2O2. The van der Waals surface area contributed by atoms with E-state index in [0.717, 1.165) is 12.8 Å². The van der Waals surface area contributed by atoms with Crippen molar-refractivity contribution in [3.05, 3.63) is 35.0 Å². The number of piperidine rings is 1. The van der Waals surface area contributed by atoms with E-state index in [9.17, 15) is 9.90 Å². The van der Waals surface area contributed by atoms with E-state index >= 15 is 0 Å². The zero-order valence-corrected chi connectivity index (χ0v) is 14.9. The number of H-pyrrole nitrogens is 1. The number of aromatic amines is 1. The summed E-state index contributed by atoms with van der Waals surface area (Å²) in [6.45, 7) is 7.35. The highest BCUT2D eigenvalue weighted by molar-refractivity contribution is 5.89. The molecule has 2 aliphatic rings. The van der Waals surface area contributed by atoms with E-state index in [1.165, 1.54) is 27.6 Å². The van der Waals surface area contributed by atoms with Gasteiger partial charge in [0.1, 0.15) is 0 Å². The molecular weight excluding hydrogens is 300 g/mol. The lowest BCUT2D eigenvalue weighted by Gasteiger charge is -2.44. The van der Waals surface area contributed by atoms with Crippen LogP contribution in [0.4, 0.5) is 0 Å². The highest BCUT2D eigenvalue weighted by Gasteiger charge is 2.41. The van der Waals surface area contributed by atoms with Gasteiger partial charge in [0.05, 0.1) is 5.92 Å². The number of nitrogens with zero attached hydrogens (tertiary/aromatic N) is 1. The molecule has 1 unspecified atom stereocenters. The van der Waals surface area contributed by atoms with Crippen LogP contribution in [0.5, 0.6) is 0 Å². The Morgan fingerprint density at radius 1 is 1.33 bits per heavy atom. The van der Waals surface area contributed by atoms with Crippen molar-refractivity contribution in [3.8, 4) is 0 Å². The topological polar surface area (TPSA) is 56.3 Å². The number of carboxylic acid groups (broad SMARTS) is 1. The van der Waals surface area contributed by atoms with E-state index in [2.05, 4.69) is 56.0 Å². The van der Waals surface area contributed by atoms with Crippen molar-refractivity contribution < 1.29 is 9.90 Å². The third-order valence-corrected chi connectivity index (χ3v) is 6.01. The highest BCUT2D eigenvalue weighted by atomic mass is 16.4. The van der Waals surface area contributed by atoms with Gasteiger partial charge in [-0.25, -0.2) is 0 Å². The highest BCUT2D eigenvalue weighted by Crippen LogP contribution is 2.45. The summed E-state index contributed by atoms with van der Waals surface area (Å²) in [4.78, 5) is 17.3. The van der Waals surface area contributed by atoms with E-state index in [4.69, 9.17) is 0 Å². The minimum Gasteiger partial charge on any atom is -0.481 e. The van der Waals surface area contributed by atoms with Crippen molar-refractivity contribution >= 4 is 16.9 Å². The van der Waals surface area contributed by atoms with Gasteiger partial charge in [-0.15, -0.1) is 0 Å². The maximum atomic E-state index is 11.6. The summed E-state index contributed by atoms with van der Waals surface area (Å²) in [5.41, 5.74) is 5.32.